The number of benzene rings is 1. The minimum absolute atomic E-state index is 0.0832. The summed E-state index contributed by atoms with van der Waals surface area (Å²) in [4.78, 5) is 7.87. The number of fused-ring (bicyclic) bond motifs is 1. The van der Waals surface area contributed by atoms with Crippen molar-refractivity contribution in [1.82, 2.24) is 30.3 Å². The van der Waals surface area contributed by atoms with Crippen LogP contribution in [0.25, 0.3) is 33.4 Å². The molecule has 2 saturated heterocycles. The molecule has 2 aliphatic rings. The quantitative estimate of drug-likeness (QED) is 0.456. The van der Waals surface area contributed by atoms with Crippen LogP contribution in [0.3, 0.4) is 0 Å². The normalized spacial score (nSPS) is 17.5. The lowest BCUT2D eigenvalue weighted by molar-refractivity contribution is 0.0254. The summed E-state index contributed by atoms with van der Waals surface area (Å²) in [6.07, 6.45) is 9.64. The van der Waals surface area contributed by atoms with Gasteiger partial charge in [0.15, 0.2) is 0 Å². The molecule has 0 aliphatic carbocycles. The molecule has 1 aromatic carbocycles. The molecule has 0 bridgehead atoms. The zero-order valence-corrected chi connectivity index (χ0v) is 19.4. The van der Waals surface area contributed by atoms with Crippen molar-refractivity contribution in [3.05, 3.63) is 48.4 Å². The third-order valence-electron chi connectivity index (χ3n) is 6.89. The van der Waals surface area contributed by atoms with E-state index in [1.807, 2.05) is 41.5 Å². The van der Waals surface area contributed by atoms with Gasteiger partial charge in [-0.25, -0.2) is 9.67 Å². The Kier molecular flexibility index (Phi) is 5.90. The number of nitrogens with one attached hydrogen (secondary N) is 2. The summed E-state index contributed by atoms with van der Waals surface area (Å²) in [5.74, 6) is 0.622. The van der Waals surface area contributed by atoms with Crippen LogP contribution in [0.4, 0.5) is 0 Å². The van der Waals surface area contributed by atoms with Crippen molar-refractivity contribution in [3.8, 4) is 34.2 Å². The summed E-state index contributed by atoms with van der Waals surface area (Å²) in [5, 5.41) is 23.0. The fourth-order valence-electron chi connectivity index (χ4n) is 4.90. The fourth-order valence-corrected chi connectivity index (χ4v) is 4.90. The number of pyridine rings is 1. The fraction of sp³-hybridized carbons (Fsp3) is 0.385. The maximum absolute atomic E-state index is 9.79. The Hall–Kier alpha value is -3.74. The molecule has 2 fully saturated rings. The lowest BCUT2D eigenvalue weighted by atomic mass is 10.0. The number of aromatic nitrogens is 5. The van der Waals surface area contributed by atoms with Crippen molar-refractivity contribution in [3.63, 3.8) is 0 Å². The van der Waals surface area contributed by atoms with Gasteiger partial charge in [-0.2, -0.15) is 5.26 Å². The number of nitriles is 1. The van der Waals surface area contributed by atoms with Gasteiger partial charge < -0.3 is 19.8 Å². The van der Waals surface area contributed by atoms with Gasteiger partial charge in [-0.05, 0) is 49.7 Å². The van der Waals surface area contributed by atoms with E-state index in [1.165, 1.54) is 0 Å². The van der Waals surface area contributed by atoms with Crippen LogP contribution < -0.4 is 10.1 Å². The Morgan fingerprint density at radius 2 is 1.94 bits per heavy atom. The van der Waals surface area contributed by atoms with Crippen LogP contribution >= 0.6 is 0 Å². The number of rotatable bonds is 5. The van der Waals surface area contributed by atoms with Gasteiger partial charge in [0.1, 0.15) is 29.3 Å². The van der Waals surface area contributed by atoms with Gasteiger partial charge in [0.05, 0.1) is 31.0 Å². The van der Waals surface area contributed by atoms with Crippen LogP contribution in [-0.2, 0) is 4.74 Å². The van der Waals surface area contributed by atoms with Crippen LogP contribution in [0.5, 0.6) is 5.75 Å². The molecule has 3 aromatic heterocycles. The first-order valence-electron chi connectivity index (χ1n) is 12.2. The molecule has 0 spiro atoms. The molecular weight excluding hydrogens is 442 g/mol. The summed E-state index contributed by atoms with van der Waals surface area (Å²) < 4.78 is 13.5. The molecule has 9 nitrogen and oxygen atoms in total. The average Bonchev–Trinajstić information content (AvgIpc) is 3.58. The molecule has 0 atom stereocenters. The minimum atomic E-state index is 0.0832. The van der Waals surface area contributed by atoms with Gasteiger partial charge >= 0.3 is 0 Å². The molecule has 178 valence electrons. The van der Waals surface area contributed by atoms with Gasteiger partial charge in [-0.15, -0.1) is 5.10 Å². The maximum atomic E-state index is 9.79. The number of hydrogen-bond acceptors (Lipinski definition) is 7. The Balaban J connectivity index is 1.30. The summed E-state index contributed by atoms with van der Waals surface area (Å²) >= 11 is 0. The molecule has 0 amide bonds. The minimum Gasteiger partial charge on any atom is -0.489 e. The maximum Gasteiger partial charge on any atom is 0.137 e. The molecule has 6 rings (SSSR count). The van der Waals surface area contributed by atoms with Crippen LogP contribution in [0.1, 0.15) is 37.3 Å². The molecule has 0 radical (unpaired) electrons. The van der Waals surface area contributed by atoms with E-state index in [0.717, 1.165) is 72.2 Å². The van der Waals surface area contributed by atoms with E-state index in [4.69, 9.17) is 9.47 Å². The van der Waals surface area contributed by atoms with Crippen molar-refractivity contribution in [1.29, 1.82) is 5.26 Å². The largest absolute Gasteiger partial charge is 0.489 e. The number of H-pyrrole nitrogens is 1. The highest BCUT2D eigenvalue weighted by Crippen LogP contribution is 2.34. The van der Waals surface area contributed by atoms with Crippen molar-refractivity contribution in [2.45, 2.75) is 37.8 Å². The lowest BCUT2D eigenvalue weighted by Crippen LogP contribution is -2.29. The molecule has 2 N–H and O–H groups in total. The lowest BCUT2D eigenvalue weighted by Gasteiger charge is -2.23. The predicted molar refractivity (Wildman–Crippen MR) is 131 cm³/mol. The summed E-state index contributed by atoms with van der Waals surface area (Å²) in [6.45, 7) is 3.40. The number of aromatic amines is 1. The average molecular weight is 470 g/mol. The highest BCUT2D eigenvalue weighted by Gasteiger charge is 2.19. The molecule has 0 unspecified atom stereocenters. The van der Waals surface area contributed by atoms with Crippen molar-refractivity contribution in [2.75, 3.05) is 26.3 Å². The van der Waals surface area contributed by atoms with Crippen LogP contribution in [0.15, 0.2) is 42.9 Å². The van der Waals surface area contributed by atoms with Gasteiger partial charge in [-0.3, -0.25) is 0 Å². The Morgan fingerprint density at radius 3 is 2.77 bits per heavy atom. The highest BCUT2D eigenvalue weighted by molar-refractivity contribution is 5.95. The third kappa shape index (κ3) is 4.38. The standard InChI is InChI=1S/C26H27N7O2/c27-13-18-11-17(1-2-25(18)35-21-5-9-34-10-6-21)23-15-30-26-22(23)12-19(14-29-26)24-16-33(32-31-24)20-3-7-28-8-4-20/h1-2,11-12,14-16,20-21,28H,3-10H2,(H,29,30). The second kappa shape index (κ2) is 9.49. The second-order valence-corrected chi connectivity index (χ2v) is 9.14. The summed E-state index contributed by atoms with van der Waals surface area (Å²) in [6, 6.07) is 10.5. The molecule has 0 saturated carbocycles. The van der Waals surface area contributed by atoms with E-state index < -0.39 is 0 Å². The Labute approximate surface area is 203 Å². The smallest absolute Gasteiger partial charge is 0.137 e. The van der Waals surface area contributed by atoms with Crippen LogP contribution in [0.2, 0.25) is 0 Å². The van der Waals surface area contributed by atoms with Gasteiger partial charge in [0.2, 0.25) is 0 Å². The Morgan fingerprint density at radius 1 is 1.09 bits per heavy atom. The van der Waals surface area contributed by atoms with E-state index in [-0.39, 0.29) is 6.10 Å². The number of piperidine rings is 1. The third-order valence-corrected chi connectivity index (χ3v) is 6.89. The van der Waals surface area contributed by atoms with E-state index >= 15 is 0 Å². The van der Waals surface area contributed by atoms with E-state index in [9.17, 15) is 5.26 Å². The number of ether oxygens (including phenoxy) is 2. The second-order valence-electron chi connectivity index (χ2n) is 9.14. The van der Waals surface area contributed by atoms with Crippen LogP contribution in [0, 0.1) is 11.3 Å². The molecule has 2 aliphatic heterocycles. The van der Waals surface area contributed by atoms with E-state index in [0.29, 0.717) is 30.6 Å². The van der Waals surface area contributed by atoms with Crippen LogP contribution in [-0.4, -0.2) is 57.4 Å². The van der Waals surface area contributed by atoms with Gasteiger partial charge in [0, 0.05) is 41.7 Å². The predicted octanol–water partition coefficient (Wildman–Crippen LogP) is 3.84. The SMILES string of the molecule is N#Cc1cc(-c2c[nH]c3ncc(-c4cn(C5CCNCC5)nn4)cc23)ccc1OC1CCOCC1. The first kappa shape index (κ1) is 21.8. The van der Waals surface area contributed by atoms with Crippen molar-refractivity contribution in [2.24, 2.45) is 0 Å². The molecule has 5 heterocycles. The molecular formula is C26H27N7O2. The van der Waals surface area contributed by atoms with Gasteiger partial charge in [0.25, 0.3) is 0 Å². The zero-order chi connectivity index (χ0) is 23.6. The van der Waals surface area contributed by atoms with Crippen molar-refractivity contribution < 1.29 is 9.47 Å². The number of nitrogens with zero attached hydrogens (tertiary/aromatic N) is 5. The first-order valence-corrected chi connectivity index (χ1v) is 12.2. The zero-order valence-electron chi connectivity index (χ0n) is 19.4. The molecule has 35 heavy (non-hydrogen) atoms. The summed E-state index contributed by atoms with van der Waals surface area (Å²) in [5.41, 5.74) is 4.95. The Bertz CT molecular complexity index is 1370. The monoisotopic (exact) mass is 469 g/mol. The molecule has 4 aromatic rings. The summed E-state index contributed by atoms with van der Waals surface area (Å²) in [7, 11) is 0. The van der Waals surface area contributed by atoms with E-state index in [1.54, 1.807) is 0 Å². The first-order chi connectivity index (χ1) is 17.3. The van der Waals surface area contributed by atoms with E-state index in [2.05, 4.69) is 37.7 Å². The topological polar surface area (TPSA) is 114 Å². The van der Waals surface area contributed by atoms with Crippen molar-refractivity contribution >= 4 is 11.0 Å². The number of hydrogen-bond donors (Lipinski definition) is 2. The van der Waals surface area contributed by atoms with Gasteiger partial charge in [-0.1, -0.05) is 11.3 Å². The molecule has 9 heteroatoms. The highest BCUT2D eigenvalue weighted by atomic mass is 16.5.